The van der Waals surface area contributed by atoms with Gasteiger partial charge in [-0.1, -0.05) is 55.0 Å². The van der Waals surface area contributed by atoms with Gasteiger partial charge in [-0.15, -0.1) is 10.2 Å². The van der Waals surface area contributed by atoms with Gasteiger partial charge in [0.05, 0.1) is 6.42 Å². The van der Waals surface area contributed by atoms with E-state index < -0.39 is 0 Å². The molecule has 1 aromatic carbocycles. The Hall–Kier alpha value is -1.46. The van der Waals surface area contributed by atoms with E-state index in [0.29, 0.717) is 16.1 Å². The molecule has 6 heteroatoms. The largest absolute Gasteiger partial charge is 0.300 e. The van der Waals surface area contributed by atoms with Gasteiger partial charge in [0.25, 0.3) is 0 Å². The lowest BCUT2D eigenvalue weighted by molar-refractivity contribution is -0.115. The van der Waals surface area contributed by atoms with E-state index in [-0.39, 0.29) is 12.3 Å². The maximum absolute atomic E-state index is 12.0. The first-order valence-corrected chi connectivity index (χ1v) is 8.20. The van der Waals surface area contributed by atoms with Gasteiger partial charge >= 0.3 is 0 Å². The molecule has 0 fully saturated rings. The third-order valence-electron chi connectivity index (χ3n) is 3.33. The fourth-order valence-corrected chi connectivity index (χ4v) is 3.29. The van der Waals surface area contributed by atoms with Gasteiger partial charge in [-0.3, -0.25) is 4.79 Å². The van der Waals surface area contributed by atoms with Crippen LogP contribution in [0, 0.1) is 0 Å². The molecule has 112 valence electrons. The number of carbonyl (C=O) groups excluding carboxylic acids is 1. The molecule has 0 spiro atoms. The minimum Gasteiger partial charge on any atom is -0.300 e. The van der Waals surface area contributed by atoms with Crippen LogP contribution in [0.3, 0.4) is 0 Å². The molecule has 0 saturated carbocycles. The Bertz CT molecular complexity index is 610. The first-order chi connectivity index (χ1) is 10.1. The third-order valence-corrected chi connectivity index (χ3v) is 4.70. The van der Waals surface area contributed by atoms with Crippen molar-refractivity contribution in [1.82, 2.24) is 10.2 Å². The lowest BCUT2D eigenvalue weighted by Crippen LogP contribution is -2.14. The lowest BCUT2D eigenvalue weighted by Gasteiger charge is -2.06. The van der Waals surface area contributed by atoms with Crippen LogP contribution in [0.5, 0.6) is 0 Å². The highest BCUT2D eigenvalue weighted by molar-refractivity contribution is 7.15. The first kappa shape index (κ1) is 15.9. The molecule has 0 aliphatic heterocycles. The molecule has 21 heavy (non-hydrogen) atoms. The van der Waals surface area contributed by atoms with E-state index in [4.69, 9.17) is 11.6 Å². The van der Waals surface area contributed by atoms with Gasteiger partial charge in [-0.05, 0) is 24.5 Å². The summed E-state index contributed by atoms with van der Waals surface area (Å²) in [5.41, 5.74) is 0.807. The maximum Gasteiger partial charge on any atom is 0.230 e. The van der Waals surface area contributed by atoms with Gasteiger partial charge in [-0.25, -0.2) is 0 Å². The number of benzene rings is 1. The van der Waals surface area contributed by atoms with E-state index in [1.54, 1.807) is 6.07 Å². The van der Waals surface area contributed by atoms with Crippen molar-refractivity contribution in [3.8, 4) is 0 Å². The molecule has 0 radical (unpaired) electrons. The van der Waals surface area contributed by atoms with E-state index in [1.165, 1.54) is 11.3 Å². The van der Waals surface area contributed by atoms with Crippen LogP contribution in [0.25, 0.3) is 0 Å². The topological polar surface area (TPSA) is 54.9 Å². The highest BCUT2D eigenvalue weighted by Crippen LogP contribution is 2.28. The van der Waals surface area contributed by atoms with Gasteiger partial charge in [0.15, 0.2) is 0 Å². The van der Waals surface area contributed by atoms with Crippen molar-refractivity contribution in [3.63, 3.8) is 0 Å². The summed E-state index contributed by atoms with van der Waals surface area (Å²) in [6, 6.07) is 7.33. The maximum atomic E-state index is 12.0. The zero-order chi connectivity index (χ0) is 15.2. The Morgan fingerprint density at radius 1 is 1.29 bits per heavy atom. The number of rotatable bonds is 6. The number of carbonyl (C=O) groups is 1. The Balaban J connectivity index is 1.99. The first-order valence-electron chi connectivity index (χ1n) is 7.00. The van der Waals surface area contributed by atoms with E-state index in [0.717, 1.165) is 23.4 Å². The number of anilines is 1. The Labute approximate surface area is 133 Å². The molecule has 1 amide bonds. The summed E-state index contributed by atoms with van der Waals surface area (Å²) in [5.74, 6) is 0.284. The van der Waals surface area contributed by atoms with Crippen LogP contribution in [0.2, 0.25) is 5.02 Å². The van der Waals surface area contributed by atoms with Crippen molar-refractivity contribution in [2.75, 3.05) is 5.32 Å². The van der Waals surface area contributed by atoms with Crippen LogP contribution in [-0.2, 0) is 11.2 Å². The second-order valence-electron chi connectivity index (χ2n) is 4.78. The number of aromatic nitrogens is 2. The van der Waals surface area contributed by atoms with E-state index in [9.17, 15) is 4.79 Å². The van der Waals surface area contributed by atoms with E-state index >= 15 is 0 Å². The Kier molecular flexibility index (Phi) is 5.70. The SMILES string of the molecule is CCC(CC)c1nnc(NC(=O)Cc2ccccc2Cl)s1. The molecule has 1 aromatic heterocycles. The van der Waals surface area contributed by atoms with Crippen LogP contribution >= 0.6 is 22.9 Å². The summed E-state index contributed by atoms with van der Waals surface area (Å²) in [6.07, 6.45) is 2.29. The quantitative estimate of drug-likeness (QED) is 0.863. The fourth-order valence-electron chi connectivity index (χ4n) is 2.07. The molecule has 0 bridgehead atoms. The molecule has 0 saturated heterocycles. The summed E-state index contributed by atoms with van der Waals surface area (Å²) < 4.78 is 0. The number of hydrogen-bond acceptors (Lipinski definition) is 4. The minimum atomic E-state index is -0.129. The van der Waals surface area contributed by atoms with Gasteiger partial charge in [-0.2, -0.15) is 0 Å². The predicted octanol–water partition coefficient (Wildman–Crippen LogP) is 4.28. The average molecular weight is 324 g/mol. The van der Waals surface area contributed by atoms with Gasteiger partial charge in [0.1, 0.15) is 5.01 Å². The second kappa shape index (κ2) is 7.52. The molecule has 0 atom stereocenters. The molecule has 0 aliphatic carbocycles. The summed E-state index contributed by atoms with van der Waals surface area (Å²) >= 11 is 7.50. The number of nitrogens with one attached hydrogen (secondary N) is 1. The van der Waals surface area contributed by atoms with Crippen LogP contribution in [-0.4, -0.2) is 16.1 Å². The molecule has 0 aliphatic rings. The average Bonchev–Trinajstić information content (AvgIpc) is 2.91. The van der Waals surface area contributed by atoms with Crippen LogP contribution in [0.15, 0.2) is 24.3 Å². The molecular formula is C15H18ClN3OS. The van der Waals surface area contributed by atoms with Gasteiger partial charge in [0, 0.05) is 10.9 Å². The molecule has 4 nitrogen and oxygen atoms in total. The van der Waals surface area contributed by atoms with Crippen LogP contribution in [0.1, 0.15) is 43.2 Å². The molecular weight excluding hydrogens is 306 g/mol. The normalized spacial score (nSPS) is 10.9. The summed E-state index contributed by atoms with van der Waals surface area (Å²) in [7, 11) is 0. The minimum absolute atomic E-state index is 0.129. The van der Waals surface area contributed by atoms with Crippen molar-refractivity contribution >= 4 is 34.0 Å². The highest BCUT2D eigenvalue weighted by atomic mass is 35.5. The van der Waals surface area contributed by atoms with Crippen molar-refractivity contribution in [1.29, 1.82) is 0 Å². The van der Waals surface area contributed by atoms with Gasteiger partial charge < -0.3 is 5.32 Å². The molecule has 2 aromatic rings. The number of nitrogens with zero attached hydrogens (tertiary/aromatic N) is 2. The zero-order valence-corrected chi connectivity index (χ0v) is 13.7. The number of hydrogen-bond donors (Lipinski definition) is 1. The van der Waals surface area contributed by atoms with Gasteiger partial charge in [0.2, 0.25) is 11.0 Å². The monoisotopic (exact) mass is 323 g/mol. The standard InChI is InChI=1S/C15H18ClN3OS/c1-3-10(4-2)14-18-19-15(21-14)17-13(20)9-11-7-5-6-8-12(11)16/h5-8,10H,3-4,9H2,1-2H3,(H,17,19,20). The second-order valence-corrected chi connectivity index (χ2v) is 6.19. The Morgan fingerprint density at radius 3 is 2.67 bits per heavy atom. The third kappa shape index (κ3) is 4.25. The molecule has 1 N–H and O–H groups in total. The Morgan fingerprint density at radius 2 is 2.00 bits per heavy atom. The lowest BCUT2D eigenvalue weighted by atomic mass is 10.1. The zero-order valence-electron chi connectivity index (χ0n) is 12.1. The van der Waals surface area contributed by atoms with Crippen LogP contribution in [0.4, 0.5) is 5.13 Å². The predicted molar refractivity (Wildman–Crippen MR) is 87.0 cm³/mol. The van der Waals surface area contributed by atoms with Crippen molar-refractivity contribution in [2.45, 2.75) is 39.0 Å². The molecule has 1 heterocycles. The van der Waals surface area contributed by atoms with Crippen molar-refractivity contribution in [2.24, 2.45) is 0 Å². The highest BCUT2D eigenvalue weighted by Gasteiger charge is 2.15. The summed E-state index contributed by atoms with van der Waals surface area (Å²) in [4.78, 5) is 12.0. The van der Waals surface area contributed by atoms with Crippen molar-refractivity contribution in [3.05, 3.63) is 39.9 Å². The molecule has 2 rings (SSSR count). The molecule has 0 unspecified atom stereocenters. The fraction of sp³-hybridized carbons (Fsp3) is 0.400. The number of amides is 1. The smallest absolute Gasteiger partial charge is 0.230 e. The van der Waals surface area contributed by atoms with E-state index in [2.05, 4.69) is 29.4 Å². The summed E-state index contributed by atoms with van der Waals surface area (Å²) in [6.45, 7) is 4.26. The van der Waals surface area contributed by atoms with E-state index in [1.807, 2.05) is 18.2 Å². The number of halogens is 1. The van der Waals surface area contributed by atoms with Crippen molar-refractivity contribution < 1.29 is 4.79 Å². The van der Waals surface area contributed by atoms with Crippen LogP contribution < -0.4 is 5.32 Å². The summed E-state index contributed by atoms with van der Waals surface area (Å²) in [5, 5.41) is 13.1.